The van der Waals surface area contributed by atoms with Crippen LogP contribution in [0.3, 0.4) is 0 Å². The average molecular weight is 460 g/mol. The van der Waals surface area contributed by atoms with Crippen LogP contribution in [-0.2, 0) is 9.59 Å². The van der Waals surface area contributed by atoms with Crippen molar-refractivity contribution >= 4 is 23.7 Å². The van der Waals surface area contributed by atoms with E-state index in [1.807, 2.05) is 30.9 Å². The van der Waals surface area contributed by atoms with Crippen molar-refractivity contribution in [3.05, 3.63) is 24.0 Å². The summed E-state index contributed by atoms with van der Waals surface area (Å²) in [6, 6.07) is 5.67. The van der Waals surface area contributed by atoms with E-state index < -0.39 is 0 Å². The van der Waals surface area contributed by atoms with Crippen molar-refractivity contribution in [1.29, 1.82) is 0 Å². The molecule has 184 valence electrons. The van der Waals surface area contributed by atoms with Gasteiger partial charge in [0.15, 0.2) is 0 Å². The lowest BCUT2D eigenvalue weighted by Gasteiger charge is -2.37. The van der Waals surface area contributed by atoms with Gasteiger partial charge in [0, 0.05) is 44.3 Å². The van der Waals surface area contributed by atoms with Gasteiger partial charge in [0.05, 0.1) is 5.69 Å². The third kappa shape index (κ3) is 6.70. The molecule has 2 amide bonds. The number of amides is 2. The van der Waals surface area contributed by atoms with Crippen molar-refractivity contribution in [2.75, 3.05) is 36.0 Å². The molecule has 1 atom stereocenters. The van der Waals surface area contributed by atoms with E-state index in [9.17, 15) is 9.59 Å². The Morgan fingerprint density at radius 3 is 2.52 bits per heavy atom. The van der Waals surface area contributed by atoms with E-state index in [4.69, 9.17) is 0 Å². The van der Waals surface area contributed by atoms with E-state index in [1.54, 1.807) is 4.90 Å². The molecule has 0 spiro atoms. The molecular formula is C27H42FN3O2. The van der Waals surface area contributed by atoms with Crippen LogP contribution in [0.2, 0.25) is 0 Å². The second kappa shape index (κ2) is 13.0. The average Bonchev–Trinajstić information content (AvgIpc) is 2.87. The molecule has 2 saturated heterocycles. The minimum Gasteiger partial charge on any atom is -0.369 e. The van der Waals surface area contributed by atoms with Crippen molar-refractivity contribution in [2.24, 2.45) is 5.92 Å². The molecule has 2 aliphatic heterocycles. The summed E-state index contributed by atoms with van der Waals surface area (Å²) in [5.41, 5.74) is 1.31. The van der Waals surface area contributed by atoms with Crippen LogP contribution in [0.5, 0.6) is 0 Å². The molecule has 1 aromatic rings. The lowest BCUT2D eigenvalue weighted by molar-refractivity contribution is -0.121. The molecule has 33 heavy (non-hydrogen) atoms. The lowest BCUT2D eigenvalue weighted by atomic mass is 9.92. The molecule has 3 fully saturated rings. The van der Waals surface area contributed by atoms with Crippen LogP contribution >= 0.6 is 0 Å². The Balaban J connectivity index is 0.00000149. The number of benzene rings is 1. The van der Waals surface area contributed by atoms with Crippen molar-refractivity contribution in [2.45, 2.75) is 90.5 Å². The first-order chi connectivity index (χ1) is 16.2. The van der Waals surface area contributed by atoms with Gasteiger partial charge in [-0.1, -0.05) is 33.1 Å². The molecule has 6 heteroatoms. The maximum absolute atomic E-state index is 15.0. The lowest BCUT2D eigenvalue weighted by Crippen LogP contribution is -2.40. The number of piperidine rings is 2. The summed E-state index contributed by atoms with van der Waals surface area (Å²) < 4.78 is 15.0. The molecular weight excluding hydrogens is 417 g/mol. The second-order valence-corrected chi connectivity index (χ2v) is 9.52. The van der Waals surface area contributed by atoms with Gasteiger partial charge < -0.3 is 14.7 Å². The molecule has 1 aromatic carbocycles. The third-order valence-electron chi connectivity index (χ3n) is 7.40. The fraction of sp³-hybridized carbons (Fsp3) is 0.704. The quantitative estimate of drug-likeness (QED) is 0.487. The van der Waals surface area contributed by atoms with Gasteiger partial charge in [0.25, 0.3) is 0 Å². The van der Waals surface area contributed by atoms with Crippen LogP contribution < -0.4 is 9.80 Å². The molecule has 0 bridgehead atoms. The zero-order valence-corrected chi connectivity index (χ0v) is 20.6. The van der Waals surface area contributed by atoms with Crippen molar-refractivity contribution in [1.82, 2.24) is 4.90 Å². The molecule has 0 aromatic heterocycles. The number of halogens is 1. The van der Waals surface area contributed by atoms with Gasteiger partial charge in [-0.15, -0.1) is 0 Å². The smallest absolute Gasteiger partial charge is 0.226 e. The highest BCUT2D eigenvalue weighted by atomic mass is 19.1. The van der Waals surface area contributed by atoms with E-state index in [-0.39, 0.29) is 11.7 Å². The Hall–Kier alpha value is -2.11. The maximum atomic E-state index is 15.0. The predicted molar refractivity (Wildman–Crippen MR) is 133 cm³/mol. The molecule has 4 rings (SSSR count). The Morgan fingerprint density at radius 1 is 1.03 bits per heavy atom. The van der Waals surface area contributed by atoms with Crippen molar-refractivity contribution < 1.29 is 14.0 Å². The summed E-state index contributed by atoms with van der Waals surface area (Å²) in [4.78, 5) is 29.7. The van der Waals surface area contributed by atoms with Crippen molar-refractivity contribution in [3.63, 3.8) is 0 Å². The topological polar surface area (TPSA) is 43.9 Å². The van der Waals surface area contributed by atoms with Gasteiger partial charge in [-0.2, -0.15) is 0 Å². The number of nitrogens with zero attached hydrogens (tertiary/aromatic N) is 3. The molecule has 1 unspecified atom stereocenters. The number of hydrogen-bond acceptors (Lipinski definition) is 3. The van der Waals surface area contributed by atoms with E-state index in [2.05, 4.69) is 4.90 Å². The van der Waals surface area contributed by atoms with Crippen LogP contribution in [-0.4, -0.2) is 49.4 Å². The van der Waals surface area contributed by atoms with Crippen LogP contribution in [0.25, 0.3) is 0 Å². The zero-order chi connectivity index (χ0) is 23.6. The summed E-state index contributed by atoms with van der Waals surface area (Å²) in [6.07, 6.45) is 12.7. The number of anilines is 2. The normalized spacial score (nSPS) is 21.9. The molecule has 5 nitrogen and oxygen atoms in total. The highest BCUT2D eigenvalue weighted by molar-refractivity contribution is 5.94. The summed E-state index contributed by atoms with van der Waals surface area (Å²) in [5, 5.41) is 0. The van der Waals surface area contributed by atoms with Crippen LogP contribution in [0, 0.1) is 11.7 Å². The minimum atomic E-state index is -0.242. The van der Waals surface area contributed by atoms with Crippen LogP contribution in [0.1, 0.15) is 84.5 Å². The Morgan fingerprint density at radius 2 is 1.82 bits per heavy atom. The first-order valence-electron chi connectivity index (χ1n) is 13.2. The number of rotatable bonds is 7. The summed E-state index contributed by atoms with van der Waals surface area (Å²) in [6.45, 7) is 7.18. The van der Waals surface area contributed by atoms with Gasteiger partial charge in [0.1, 0.15) is 5.82 Å². The van der Waals surface area contributed by atoms with E-state index >= 15 is 4.39 Å². The monoisotopic (exact) mass is 459 g/mol. The summed E-state index contributed by atoms with van der Waals surface area (Å²) in [5.74, 6) is 0.324. The highest BCUT2D eigenvalue weighted by Gasteiger charge is 2.26. The molecule has 3 aliphatic rings. The van der Waals surface area contributed by atoms with Gasteiger partial charge in [-0.25, -0.2) is 4.39 Å². The zero-order valence-electron chi connectivity index (χ0n) is 20.6. The SMILES string of the molecule is CC.O=CN(CCC1CCCN(c2ccc(N3CCCCC3=O)cc2F)C1)C1CCCCC1. The van der Waals surface area contributed by atoms with Gasteiger partial charge >= 0.3 is 0 Å². The van der Waals surface area contributed by atoms with Crippen LogP contribution in [0.15, 0.2) is 18.2 Å². The van der Waals surface area contributed by atoms with Crippen LogP contribution in [0.4, 0.5) is 15.8 Å². The number of carbonyl (C=O) groups excluding carboxylic acids is 2. The molecule has 1 saturated carbocycles. The Bertz CT molecular complexity index is 766. The minimum absolute atomic E-state index is 0.0918. The highest BCUT2D eigenvalue weighted by Crippen LogP contribution is 2.31. The number of hydrogen-bond donors (Lipinski definition) is 0. The largest absolute Gasteiger partial charge is 0.369 e. The number of carbonyl (C=O) groups is 2. The van der Waals surface area contributed by atoms with Gasteiger partial charge in [-0.3, -0.25) is 9.59 Å². The maximum Gasteiger partial charge on any atom is 0.226 e. The van der Waals surface area contributed by atoms with Gasteiger partial charge in [0.2, 0.25) is 12.3 Å². The predicted octanol–water partition coefficient (Wildman–Crippen LogP) is 5.77. The Kier molecular flexibility index (Phi) is 10.0. The molecule has 0 radical (unpaired) electrons. The summed E-state index contributed by atoms with van der Waals surface area (Å²) in [7, 11) is 0. The fourth-order valence-electron chi connectivity index (χ4n) is 5.58. The molecule has 0 N–H and O–H groups in total. The van der Waals surface area contributed by atoms with E-state index in [0.29, 0.717) is 36.3 Å². The van der Waals surface area contributed by atoms with E-state index in [0.717, 1.165) is 71.0 Å². The van der Waals surface area contributed by atoms with Gasteiger partial charge in [-0.05, 0) is 69.1 Å². The molecule has 2 heterocycles. The molecule has 1 aliphatic carbocycles. The standard InChI is InChI=1S/C25H36FN3O2.C2H6/c26-23-17-22(29-15-5-4-10-25(29)31)11-12-24(23)27-14-6-7-20(18-27)13-16-28(19-30)21-8-2-1-3-9-21;1-2/h11-12,17,19-21H,1-10,13-16,18H2;1-2H3. The fourth-order valence-corrected chi connectivity index (χ4v) is 5.58. The Labute approximate surface area is 199 Å². The summed E-state index contributed by atoms with van der Waals surface area (Å²) >= 11 is 0. The first-order valence-corrected chi connectivity index (χ1v) is 13.2. The van der Waals surface area contributed by atoms with E-state index in [1.165, 1.54) is 25.3 Å². The second-order valence-electron chi connectivity index (χ2n) is 9.52. The van der Waals surface area contributed by atoms with Crippen molar-refractivity contribution in [3.8, 4) is 0 Å². The first kappa shape index (κ1) is 25.5. The third-order valence-corrected chi connectivity index (χ3v) is 7.40.